The fourth-order valence-electron chi connectivity index (χ4n) is 9.34. The zero-order valence-electron chi connectivity index (χ0n) is 30.4. The van der Waals surface area contributed by atoms with Crippen LogP contribution < -0.4 is 0 Å². The minimum Gasteiger partial charge on any atom is -0.309 e. The van der Waals surface area contributed by atoms with Crippen LogP contribution in [0, 0.1) is 0 Å². The second-order valence-electron chi connectivity index (χ2n) is 14.7. The number of aromatic nitrogens is 5. The Kier molecular flexibility index (Phi) is 6.26. The molecular formula is C51H29N5S. The van der Waals surface area contributed by atoms with Gasteiger partial charge in [0.1, 0.15) is 0 Å². The number of thiophene rings is 1. The van der Waals surface area contributed by atoms with Gasteiger partial charge in [0, 0.05) is 69.2 Å². The summed E-state index contributed by atoms with van der Waals surface area (Å²) < 4.78 is 7.33. The summed E-state index contributed by atoms with van der Waals surface area (Å²) in [7, 11) is 0. The molecule has 0 amide bonds. The second kappa shape index (κ2) is 11.6. The van der Waals surface area contributed by atoms with E-state index in [2.05, 4.69) is 148 Å². The average molecular weight is 744 g/mol. The molecule has 0 saturated heterocycles. The van der Waals surface area contributed by atoms with Gasteiger partial charge in [0.25, 0.3) is 0 Å². The molecule has 0 aliphatic carbocycles. The highest BCUT2D eigenvalue weighted by atomic mass is 32.1. The molecule has 5 nitrogen and oxygen atoms in total. The first kappa shape index (κ1) is 30.9. The van der Waals surface area contributed by atoms with Gasteiger partial charge in [-0.25, -0.2) is 15.0 Å². The Balaban J connectivity index is 1.13. The number of hydrogen-bond acceptors (Lipinski definition) is 4. The molecular weight excluding hydrogens is 715 g/mol. The Morgan fingerprint density at radius 2 is 0.947 bits per heavy atom. The maximum absolute atomic E-state index is 5.18. The Hall–Kier alpha value is -7.41. The van der Waals surface area contributed by atoms with Crippen molar-refractivity contribution < 1.29 is 0 Å². The van der Waals surface area contributed by atoms with Gasteiger partial charge in [-0.05, 0) is 42.5 Å². The largest absolute Gasteiger partial charge is 0.309 e. The summed E-state index contributed by atoms with van der Waals surface area (Å²) in [6.45, 7) is 0. The first-order chi connectivity index (χ1) is 28.3. The Labute approximate surface area is 329 Å². The van der Waals surface area contributed by atoms with Crippen molar-refractivity contribution >= 4 is 91.4 Å². The van der Waals surface area contributed by atoms with Crippen molar-refractivity contribution in [2.45, 2.75) is 0 Å². The molecule has 264 valence electrons. The molecule has 0 spiro atoms. The van der Waals surface area contributed by atoms with Gasteiger partial charge in [0.15, 0.2) is 17.5 Å². The number of nitrogens with zero attached hydrogens (tertiary/aromatic N) is 5. The van der Waals surface area contributed by atoms with E-state index in [0.717, 1.165) is 27.1 Å². The molecule has 0 N–H and O–H groups in total. The SMILES string of the molecule is c1ccc(-c2nc(-c3ccccc3)nc(-c3ccc(-n4c5ccccc5c5c6c7cccc8c9ccccc9n(c6ccc54)c87)c4c3sc3ccccc34)n2)cc1. The summed E-state index contributed by atoms with van der Waals surface area (Å²) in [6, 6.07) is 62.8. The third kappa shape index (κ3) is 4.25. The minimum absolute atomic E-state index is 0.655. The molecule has 5 heterocycles. The van der Waals surface area contributed by atoms with E-state index in [1.165, 1.54) is 75.4 Å². The van der Waals surface area contributed by atoms with Crippen LogP contribution in [0.5, 0.6) is 0 Å². The van der Waals surface area contributed by atoms with Crippen LogP contribution >= 0.6 is 11.3 Å². The molecule has 0 atom stereocenters. The summed E-state index contributed by atoms with van der Waals surface area (Å²) in [6.07, 6.45) is 0. The minimum atomic E-state index is 0.655. The molecule has 8 aromatic carbocycles. The Morgan fingerprint density at radius 3 is 1.72 bits per heavy atom. The first-order valence-corrected chi connectivity index (χ1v) is 20.0. The lowest BCUT2D eigenvalue weighted by atomic mass is 10.0. The van der Waals surface area contributed by atoms with Crippen LogP contribution in [0.15, 0.2) is 176 Å². The molecule has 5 aromatic heterocycles. The van der Waals surface area contributed by atoms with E-state index in [4.69, 9.17) is 15.0 Å². The predicted octanol–water partition coefficient (Wildman–Crippen LogP) is 13.5. The van der Waals surface area contributed by atoms with Crippen molar-refractivity contribution in [3.05, 3.63) is 176 Å². The van der Waals surface area contributed by atoms with Crippen LogP contribution in [0.4, 0.5) is 0 Å². The molecule has 0 aliphatic heterocycles. The van der Waals surface area contributed by atoms with Gasteiger partial charge in [-0.2, -0.15) is 0 Å². The lowest BCUT2D eigenvalue weighted by molar-refractivity contribution is 1.08. The average Bonchev–Trinajstić information content (AvgIpc) is 4.03. The third-order valence-corrected chi connectivity index (χ3v) is 12.9. The van der Waals surface area contributed by atoms with E-state index in [1.54, 1.807) is 11.3 Å². The van der Waals surface area contributed by atoms with Crippen molar-refractivity contribution in [3.8, 4) is 39.9 Å². The van der Waals surface area contributed by atoms with Crippen molar-refractivity contribution in [1.82, 2.24) is 23.9 Å². The molecule has 0 saturated carbocycles. The van der Waals surface area contributed by atoms with Gasteiger partial charge in [-0.1, -0.05) is 133 Å². The summed E-state index contributed by atoms with van der Waals surface area (Å²) >= 11 is 1.80. The van der Waals surface area contributed by atoms with Crippen LogP contribution in [-0.4, -0.2) is 23.9 Å². The smallest absolute Gasteiger partial charge is 0.165 e. The van der Waals surface area contributed by atoms with Crippen LogP contribution in [-0.2, 0) is 0 Å². The number of rotatable bonds is 4. The molecule has 13 rings (SSSR count). The molecule has 0 bridgehead atoms. The quantitative estimate of drug-likeness (QED) is 0.180. The molecule has 6 heteroatoms. The molecule has 13 aromatic rings. The number of para-hydroxylation sites is 3. The summed E-state index contributed by atoms with van der Waals surface area (Å²) in [5.41, 5.74) is 10.2. The molecule has 0 aliphatic rings. The lowest BCUT2D eigenvalue weighted by Crippen LogP contribution is -2.01. The van der Waals surface area contributed by atoms with Gasteiger partial charge in [-0.15, -0.1) is 11.3 Å². The summed E-state index contributed by atoms with van der Waals surface area (Å²) in [5, 5.41) is 10.1. The van der Waals surface area contributed by atoms with Gasteiger partial charge in [0.2, 0.25) is 0 Å². The highest BCUT2D eigenvalue weighted by Gasteiger charge is 2.25. The van der Waals surface area contributed by atoms with Crippen LogP contribution in [0.25, 0.3) is 120 Å². The topological polar surface area (TPSA) is 48.0 Å². The third-order valence-electron chi connectivity index (χ3n) is 11.7. The standard InChI is InChI=1S/C51H29N5S/c1-3-14-30(15-4-1)49-52-50(31-16-5-2-6-17-31)54-51(53-49)37-26-27-42(46-35-20-9-12-25-43(35)57-48(37)46)55-39-24-11-8-19-34(39)44-40(55)28-29-41-45(44)36-22-13-21-33-32-18-7-10-23-38(32)56(41)47(33)36/h1-29H. The maximum atomic E-state index is 5.18. The van der Waals surface area contributed by atoms with E-state index < -0.39 is 0 Å². The van der Waals surface area contributed by atoms with Crippen molar-refractivity contribution in [1.29, 1.82) is 0 Å². The normalized spacial score (nSPS) is 12.2. The van der Waals surface area contributed by atoms with Gasteiger partial charge in [-0.3, -0.25) is 0 Å². The van der Waals surface area contributed by atoms with Gasteiger partial charge >= 0.3 is 0 Å². The zero-order valence-corrected chi connectivity index (χ0v) is 31.2. The van der Waals surface area contributed by atoms with E-state index in [-0.39, 0.29) is 0 Å². The molecule has 57 heavy (non-hydrogen) atoms. The Bertz CT molecular complexity index is 3690. The lowest BCUT2D eigenvalue weighted by Gasteiger charge is -2.13. The number of benzene rings is 8. The van der Waals surface area contributed by atoms with E-state index in [9.17, 15) is 0 Å². The fraction of sp³-hybridized carbons (Fsp3) is 0. The highest BCUT2D eigenvalue weighted by Crippen LogP contribution is 2.48. The monoisotopic (exact) mass is 743 g/mol. The van der Waals surface area contributed by atoms with Crippen molar-refractivity contribution in [2.24, 2.45) is 0 Å². The Morgan fingerprint density at radius 1 is 0.368 bits per heavy atom. The van der Waals surface area contributed by atoms with E-state index in [1.807, 2.05) is 36.4 Å². The fourth-order valence-corrected chi connectivity index (χ4v) is 10.6. The van der Waals surface area contributed by atoms with Gasteiger partial charge < -0.3 is 8.97 Å². The van der Waals surface area contributed by atoms with Crippen LogP contribution in [0.1, 0.15) is 0 Å². The maximum Gasteiger partial charge on any atom is 0.165 e. The number of fused-ring (bicyclic) bond motifs is 13. The van der Waals surface area contributed by atoms with Crippen molar-refractivity contribution in [3.63, 3.8) is 0 Å². The predicted molar refractivity (Wildman–Crippen MR) is 238 cm³/mol. The summed E-state index contributed by atoms with van der Waals surface area (Å²) in [5.74, 6) is 1.97. The summed E-state index contributed by atoms with van der Waals surface area (Å²) in [4.78, 5) is 15.4. The van der Waals surface area contributed by atoms with E-state index in [0.29, 0.717) is 17.5 Å². The van der Waals surface area contributed by atoms with E-state index >= 15 is 0 Å². The number of hydrogen-bond donors (Lipinski definition) is 0. The highest BCUT2D eigenvalue weighted by molar-refractivity contribution is 7.26. The van der Waals surface area contributed by atoms with Crippen LogP contribution in [0.3, 0.4) is 0 Å². The van der Waals surface area contributed by atoms with Crippen LogP contribution in [0.2, 0.25) is 0 Å². The molecule has 0 fully saturated rings. The molecule has 0 unspecified atom stereocenters. The van der Waals surface area contributed by atoms with Crippen molar-refractivity contribution in [2.75, 3.05) is 0 Å². The second-order valence-corrected chi connectivity index (χ2v) is 15.8. The zero-order chi connectivity index (χ0) is 37.2. The van der Waals surface area contributed by atoms with Gasteiger partial charge in [0.05, 0.1) is 33.3 Å². The molecule has 0 radical (unpaired) electrons. The first-order valence-electron chi connectivity index (χ1n) is 19.2.